The summed E-state index contributed by atoms with van der Waals surface area (Å²) in [6, 6.07) is 9.67. The maximum Gasteiger partial charge on any atom is 0.339 e. The predicted octanol–water partition coefficient (Wildman–Crippen LogP) is 2.32. The predicted molar refractivity (Wildman–Crippen MR) is 85.7 cm³/mol. The molecule has 4 N–H and O–H groups in total. The molecule has 0 spiro atoms. The van der Waals surface area contributed by atoms with Crippen LogP contribution >= 0.6 is 0 Å². The maximum atomic E-state index is 11.7. The van der Waals surface area contributed by atoms with Crippen LogP contribution in [-0.4, -0.2) is 39.7 Å². The highest BCUT2D eigenvalue weighted by Crippen LogP contribution is 2.25. The number of amides is 1. The topological polar surface area (TPSA) is 149 Å². The van der Waals surface area contributed by atoms with Crippen LogP contribution in [0.25, 0.3) is 0 Å². The van der Waals surface area contributed by atoms with E-state index < -0.39 is 24.4 Å². The van der Waals surface area contributed by atoms with Crippen LogP contribution in [0.3, 0.4) is 0 Å². The molecule has 1 amide bonds. The van der Waals surface area contributed by atoms with Gasteiger partial charge in [0, 0.05) is 5.56 Å². The van der Waals surface area contributed by atoms with E-state index in [0.29, 0.717) is 5.69 Å². The van der Waals surface area contributed by atoms with Crippen molar-refractivity contribution in [3.8, 4) is 5.75 Å². The number of aliphatic carboxylic acids is 1. The molecular formula is C16H13N3O6. The molecule has 2 aromatic carbocycles. The Labute approximate surface area is 141 Å². The van der Waals surface area contributed by atoms with Gasteiger partial charge in [0.1, 0.15) is 17.9 Å². The van der Waals surface area contributed by atoms with Crippen molar-refractivity contribution in [3.63, 3.8) is 0 Å². The van der Waals surface area contributed by atoms with Gasteiger partial charge in [-0.1, -0.05) is 0 Å². The van der Waals surface area contributed by atoms with Gasteiger partial charge >= 0.3 is 11.9 Å². The lowest BCUT2D eigenvalue weighted by Gasteiger charge is -2.02. The number of carboxylic acid groups (broad SMARTS) is 2. The second-order valence-electron chi connectivity index (χ2n) is 4.83. The Morgan fingerprint density at radius 2 is 1.52 bits per heavy atom. The van der Waals surface area contributed by atoms with Gasteiger partial charge in [0.2, 0.25) is 0 Å². The Kier molecular flexibility index (Phi) is 5.41. The molecule has 0 saturated heterocycles. The van der Waals surface area contributed by atoms with Crippen LogP contribution in [0.2, 0.25) is 0 Å². The number of hydrogen-bond donors (Lipinski definition) is 4. The van der Waals surface area contributed by atoms with Gasteiger partial charge in [0.05, 0.1) is 11.4 Å². The van der Waals surface area contributed by atoms with E-state index in [4.69, 9.17) is 10.2 Å². The van der Waals surface area contributed by atoms with Crippen LogP contribution in [0.1, 0.15) is 20.7 Å². The molecule has 0 aliphatic heterocycles. The summed E-state index contributed by atoms with van der Waals surface area (Å²) in [5.41, 5.74) is 0.609. The van der Waals surface area contributed by atoms with Crippen LogP contribution in [-0.2, 0) is 4.79 Å². The molecule has 9 nitrogen and oxygen atoms in total. The lowest BCUT2D eigenvalue weighted by atomic mass is 10.2. The number of nitrogens with zero attached hydrogens (tertiary/aromatic N) is 2. The maximum absolute atomic E-state index is 11.7. The first-order chi connectivity index (χ1) is 11.9. The highest BCUT2D eigenvalue weighted by Gasteiger charge is 2.10. The number of carbonyl (C=O) groups is 3. The van der Waals surface area contributed by atoms with Gasteiger partial charge in [-0.3, -0.25) is 9.59 Å². The van der Waals surface area contributed by atoms with Gasteiger partial charge in [-0.2, -0.15) is 10.2 Å². The average Bonchev–Trinajstić information content (AvgIpc) is 2.59. The lowest BCUT2D eigenvalue weighted by molar-refractivity contribution is -0.135. The first-order valence-corrected chi connectivity index (χ1v) is 6.95. The van der Waals surface area contributed by atoms with Gasteiger partial charge in [-0.05, 0) is 42.5 Å². The Morgan fingerprint density at radius 1 is 0.920 bits per heavy atom. The third kappa shape index (κ3) is 4.86. The molecule has 0 atom stereocenters. The van der Waals surface area contributed by atoms with E-state index in [2.05, 4.69) is 15.5 Å². The number of aromatic carboxylic acids is 1. The lowest BCUT2D eigenvalue weighted by Crippen LogP contribution is -2.29. The van der Waals surface area contributed by atoms with Crippen LogP contribution in [0.4, 0.5) is 11.4 Å². The zero-order valence-electron chi connectivity index (χ0n) is 12.7. The Morgan fingerprint density at radius 3 is 2.12 bits per heavy atom. The van der Waals surface area contributed by atoms with E-state index in [9.17, 15) is 19.5 Å². The van der Waals surface area contributed by atoms with Crippen molar-refractivity contribution in [1.29, 1.82) is 0 Å². The molecule has 0 bridgehead atoms. The van der Waals surface area contributed by atoms with Crippen molar-refractivity contribution in [2.75, 3.05) is 6.54 Å². The molecule has 25 heavy (non-hydrogen) atoms. The molecule has 2 rings (SSSR count). The fourth-order valence-electron chi connectivity index (χ4n) is 1.81. The number of carboxylic acids is 2. The molecule has 0 unspecified atom stereocenters. The summed E-state index contributed by atoms with van der Waals surface area (Å²) in [7, 11) is 0. The Balaban J connectivity index is 2.09. The third-order valence-corrected chi connectivity index (χ3v) is 3.02. The molecule has 0 aliphatic carbocycles. The fraction of sp³-hybridized carbons (Fsp3) is 0.0625. The number of carbonyl (C=O) groups excluding carboxylic acids is 1. The summed E-state index contributed by atoms with van der Waals surface area (Å²) in [4.78, 5) is 33.0. The molecule has 0 aromatic heterocycles. The van der Waals surface area contributed by atoms with Crippen LogP contribution in [0.5, 0.6) is 5.75 Å². The third-order valence-electron chi connectivity index (χ3n) is 3.02. The fourth-order valence-corrected chi connectivity index (χ4v) is 1.81. The number of aromatic hydroxyl groups is 1. The number of rotatable bonds is 6. The minimum absolute atomic E-state index is 0.235. The van der Waals surface area contributed by atoms with Gasteiger partial charge in [0.15, 0.2) is 0 Å². The van der Waals surface area contributed by atoms with Crippen molar-refractivity contribution in [1.82, 2.24) is 5.32 Å². The van der Waals surface area contributed by atoms with E-state index in [-0.39, 0.29) is 22.6 Å². The molecule has 0 saturated carbocycles. The van der Waals surface area contributed by atoms with Gasteiger partial charge < -0.3 is 20.6 Å². The van der Waals surface area contributed by atoms with E-state index >= 15 is 0 Å². The van der Waals surface area contributed by atoms with Crippen molar-refractivity contribution in [2.45, 2.75) is 0 Å². The Bertz CT molecular complexity index is 845. The van der Waals surface area contributed by atoms with E-state index in [0.717, 1.165) is 0 Å². The smallest absolute Gasteiger partial charge is 0.339 e. The summed E-state index contributed by atoms with van der Waals surface area (Å²) < 4.78 is 0. The zero-order chi connectivity index (χ0) is 18.4. The summed E-state index contributed by atoms with van der Waals surface area (Å²) in [5, 5.41) is 36.9. The van der Waals surface area contributed by atoms with Crippen LogP contribution < -0.4 is 5.32 Å². The molecule has 0 aliphatic rings. The molecular weight excluding hydrogens is 330 g/mol. The second-order valence-corrected chi connectivity index (χ2v) is 4.83. The average molecular weight is 343 g/mol. The van der Waals surface area contributed by atoms with E-state index in [1.807, 2.05) is 0 Å². The molecule has 2 aromatic rings. The highest BCUT2D eigenvalue weighted by molar-refractivity contribution is 5.96. The number of hydrogen-bond acceptors (Lipinski definition) is 6. The van der Waals surface area contributed by atoms with Crippen molar-refractivity contribution < 1.29 is 29.7 Å². The van der Waals surface area contributed by atoms with Gasteiger partial charge in [-0.25, -0.2) is 4.79 Å². The first kappa shape index (κ1) is 17.6. The van der Waals surface area contributed by atoms with Crippen molar-refractivity contribution in [3.05, 3.63) is 53.6 Å². The molecule has 9 heteroatoms. The van der Waals surface area contributed by atoms with Gasteiger partial charge in [0.25, 0.3) is 5.91 Å². The van der Waals surface area contributed by atoms with Crippen molar-refractivity contribution in [2.24, 2.45) is 10.2 Å². The Hall–Kier alpha value is -3.75. The van der Waals surface area contributed by atoms with Crippen LogP contribution in [0, 0.1) is 0 Å². The monoisotopic (exact) mass is 343 g/mol. The first-order valence-electron chi connectivity index (χ1n) is 6.95. The van der Waals surface area contributed by atoms with E-state index in [1.54, 1.807) is 0 Å². The summed E-state index contributed by atoms with van der Waals surface area (Å²) in [5.74, 6) is -3.33. The molecule has 128 valence electrons. The van der Waals surface area contributed by atoms with Crippen LogP contribution in [0.15, 0.2) is 52.7 Å². The number of nitrogens with one attached hydrogen (secondary N) is 1. The quantitative estimate of drug-likeness (QED) is 0.591. The minimum Gasteiger partial charge on any atom is -0.507 e. The van der Waals surface area contributed by atoms with Gasteiger partial charge in [-0.15, -0.1) is 0 Å². The summed E-state index contributed by atoms with van der Waals surface area (Å²) >= 11 is 0. The number of phenols is 1. The second kappa shape index (κ2) is 7.68. The van der Waals surface area contributed by atoms with E-state index in [1.165, 1.54) is 42.5 Å². The normalized spacial score (nSPS) is 10.6. The number of benzene rings is 2. The van der Waals surface area contributed by atoms with Crippen molar-refractivity contribution >= 4 is 29.2 Å². The molecule has 0 fully saturated rings. The zero-order valence-corrected chi connectivity index (χ0v) is 12.7. The number of azo groups is 1. The molecule has 0 radical (unpaired) electrons. The SMILES string of the molecule is O=C(O)CNC(=O)c1ccc(/N=N/c2ccc(O)c(C(=O)O)c2)cc1. The standard InChI is InChI=1S/C16H13N3O6/c20-13-6-5-11(7-12(13)16(24)25)19-18-10-3-1-9(2-4-10)15(23)17-8-14(21)22/h1-7,20H,8H2,(H,17,23)(H,21,22)(H,24,25)/b19-18+. The summed E-state index contributed by atoms with van der Waals surface area (Å²) in [6.45, 7) is -0.479. The minimum atomic E-state index is -1.29. The highest BCUT2D eigenvalue weighted by atomic mass is 16.4. The largest absolute Gasteiger partial charge is 0.507 e. The summed E-state index contributed by atoms with van der Waals surface area (Å²) in [6.07, 6.45) is 0. The molecule has 0 heterocycles.